The van der Waals surface area contributed by atoms with Crippen molar-refractivity contribution >= 4 is 118 Å². The van der Waals surface area contributed by atoms with Crippen molar-refractivity contribution in [3.8, 4) is 0 Å². The van der Waals surface area contributed by atoms with Crippen LogP contribution < -0.4 is 19.7 Å². The van der Waals surface area contributed by atoms with Gasteiger partial charge < -0.3 is 28.6 Å². The van der Waals surface area contributed by atoms with Gasteiger partial charge in [0.2, 0.25) is 20.0 Å². The second kappa shape index (κ2) is 46.5. The summed E-state index contributed by atoms with van der Waals surface area (Å²) in [5, 5.41) is 28.6. The SMILES string of the molecule is CCBr.CCO[N+](=O)[O-].Cc1ccc(S(=O)(=O)NC(=O)OCCO[N+](=O)[O-])cc1.Cc1ccc(S(=O)(=O)NC(=O)OCc2ccccc2)cc1.Cc1ccc(S(N)(=O)=O)cc1.Cc1ccc(S(N)(=O)=O)cc1.O=C(Cl)OCCBr.O=C(Cl)OCc1ccccc1. The minimum atomic E-state index is -4.03. The maximum absolute atomic E-state index is 12.0. The summed E-state index contributed by atoms with van der Waals surface area (Å²) in [6.07, 6.45) is -2.24. The average Bonchev–Trinajstić information content (AvgIpc) is 3.02. The lowest BCUT2D eigenvalue weighted by Crippen LogP contribution is -2.32. The molecule has 36 heteroatoms. The molecule has 0 aliphatic heterocycles. The van der Waals surface area contributed by atoms with E-state index in [0.717, 1.165) is 38.7 Å². The van der Waals surface area contributed by atoms with Gasteiger partial charge in [0, 0.05) is 33.9 Å². The zero-order valence-corrected chi connectivity index (χ0v) is 56.8. The van der Waals surface area contributed by atoms with Crippen LogP contribution >= 0.6 is 55.1 Å². The van der Waals surface area contributed by atoms with Crippen LogP contribution in [-0.4, -0.2) is 104 Å². The van der Waals surface area contributed by atoms with Crippen molar-refractivity contribution < 1.29 is 91.6 Å². The molecule has 6 aromatic carbocycles. The van der Waals surface area contributed by atoms with Crippen molar-refractivity contribution in [2.45, 2.75) is 74.3 Å². The highest BCUT2D eigenvalue weighted by Crippen LogP contribution is 2.13. The minimum Gasteiger partial charge on any atom is -0.453 e. The van der Waals surface area contributed by atoms with Gasteiger partial charge in [0.25, 0.3) is 30.2 Å². The summed E-state index contributed by atoms with van der Waals surface area (Å²) in [5.41, 5.74) is 4.01. The zero-order valence-electron chi connectivity index (χ0n) is 48.8. The summed E-state index contributed by atoms with van der Waals surface area (Å²) in [6, 6.07) is 43.2. The molecule has 0 radical (unpaired) electrons. The number of nitrogens with two attached hydrogens (primary N) is 2. The van der Waals surface area contributed by atoms with Gasteiger partial charge >= 0.3 is 23.0 Å². The van der Waals surface area contributed by atoms with Crippen LogP contribution in [0, 0.1) is 47.9 Å². The molecular formula is C54H66Br2Cl2N6O22S4. The number of primary sulfonamides is 2. The highest BCUT2D eigenvalue weighted by Gasteiger charge is 2.20. The second-order valence-electron chi connectivity index (χ2n) is 16.5. The topological polar surface area (TPSA) is 423 Å². The Bertz CT molecular complexity index is 3490. The summed E-state index contributed by atoms with van der Waals surface area (Å²) in [5.74, 6) is 0. The number of alkyl halides is 2. The van der Waals surface area contributed by atoms with Crippen LogP contribution in [0.1, 0.15) is 47.2 Å². The van der Waals surface area contributed by atoms with E-state index in [0.29, 0.717) is 11.9 Å². The molecule has 28 nitrogen and oxygen atoms in total. The van der Waals surface area contributed by atoms with E-state index in [1.807, 2.05) is 68.8 Å². The molecule has 0 heterocycles. The molecule has 0 spiro atoms. The quantitative estimate of drug-likeness (QED) is 0.0155. The molecule has 0 fully saturated rings. The number of halogens is 4. The van der Waals surface area contributed by atoms with E-state index < -0.39 is 86.5 Å². The number of carbonyl (C=O) groups is 4. The lowest BCUT2D eigenvalue weighted by molar-refractivity contribution is -0.757. The molecule has 0 aliphatic rings. The number of aryl methyl sites for hydroxylation is 4. The number of carbonyl (C=O) groups excluding carboxylic acids is 4. The molecule has 6 N–H and O–H groups in total. The van der Waals surface area contributed by atoms with E-state index in [4.69, 9.17) is 38.2 Å². The van der Waals surface area contributed by atoms with Crippen LogP contribution in [0.2, 0.25) is 0 Å². The number of nitrogens with one attached hydrogen (secondary N) is 2. The fourth-order valence-corrected chi connectivity index (χ4v) is 8.30. The summed E-state index contributed by atoms with van der Waals surface area (Å²) < 4.78 is 112. The third kappa shape index (κ3) is 44.8. The number of rotatable bonds is 18. The summed E-state index contributed by atoms with van der Waals surface area (Å²) in [7, 11) is -15.0. The number of nitrogens with zero attached hydrogens (tertiary/aromatic N) is 2. The highest BCUT2D eigenvalue weighted by atomic mass is 79.9. The summed E-state index contributed by atoms with van der Waals surface area (Å²) in [6.45, 7) is 10.8. The first-order valence-corrected chi connectivity index (χ1v) is 34.2. The molecule has 0 saturated carbocycles. The van der Waals surface area contributed by atoms with Crippen molar-refractivity contribution in [2.24, 2.45) is 10.3 Å². The fraction of sp³-hybridized carbons (Fsp3) is 0.259. The second-order valence-corrected chi connectivity index (χ2v) is 25.5. The maximum atomic E-state index is 12.0. The number of benzene rings is 6. The molecule has 0 aromatic heterocycles. The average molecular weight is 1510 g/mol. The van der Waals surface area contributed by atoms with Crippen molar-refractivity contribution in [1.82, 2.24) is 9.44 Å². The van der Waals surface area contributed by atoms with Gasteiger partial charge in [-0.25, -0.2) is 72.6 Å². The van der Waals surface area contributed by atoms with Gasteiger partial charge in [0.1, 0.15) is 33.0 Å². The highest BCUT2D eigenvalue weighted by molar-refractivity contribution is 9.09. The van der Waals surface area contributed by atoms with Crippen molar-refractivity contribution in [2.75, 3.05) is 37.1 Å². The number of hydrogen-bond acceptors (Lipinski definition) is 22. The van der Waals surface area contributed by atoms with Crippen LogP contribution in [0.4, 0.5) is 19.2 Å². The number of amides is 2. The fourth-order valence-electron chi connectivity index (χ4n) is 5.19. The first-order chi connectivity index (χ1) is 42.0. The van der Waals surface area contributed by atoms with Gasteiger partial charge in [-0.3, -0.25) is 0 Å². The Morgan fingerprint density at radius 1 is 0.456 bits per heavy atom. The van der Waals surface area contributed by atoms with Gasteiger partial charge in [-0.05, 0) is 94.3 Å². The van der Waals surface area contributed by atoms with Gasteiger partial charge in [-0.2, -0.15) is 0 Å². The standard InChI is InChI=1S/C15H15NO4S.C10H12N2O7S.C8H7ClO2.2C7H9NO2S.C3H4BrClO2.C2H5Br.C2H5NO3/c1-12-7-9-14(10-8-12)21(18,19)16-15(17)20-11-13-5-3-2-4-6-13;1-8-2-4-9(5-3-8)20(16,17)11-10(13)18-6-7-19-12(14)15;9-8(10)11-6-7-4-2-1-3-5-7;2*1-6-2-4-7(5-3-6)11(8,9)10;4-1-2-7-3(5)6;1-2-3;1-2-6-3(4)5/h2-10H,11H2,1H3,(H,16,17);2-5H,6-7H2,1H3,(H,11,13);1-5H,6H2;2*2-5H,1H3,(H2,8,9,10);1-2H2;2H2,1H3;2H2,1H3. The van der Waals surface area contributed by atoms with Gasteiger partial charge in [0.15, 0.2) is 0 Å². The Morgan fingerprint density at radius 3 is 1.01 bits per heavy atom. The van der Waals surface area contributed by atoms with Crippen LogP contribution in [0.5, 0.6) is 0 Å². The number of hydrogen-bond donors (Lipinski definition) is 4. The molecule has 0 bridgehead atoms. The number of ether oxygens (including phenoxy) is 4. The Balaban J connectivity index is 0. The molecule has 6 rings (SSSR count). The molecule has 496 valence electrons. The first kappa shape index (κ1) is 84.5. The maximum Gasteiger partial charge on any atom is 0.421 e. The smallest absolute Gasteiger partial charge is 0.421 e. The lowest BCUT2D eigenvalue weighted by Gasteiger charge is -2.08. The molecule has 0 unspecified atom stereocenters. The first-order valence-electron chi connectivity index (χ1n) is 25.1. The predicted molar refractivity (Wildman–Crippen MR) is 341 cm³/mol. The third-order valence-electron chi connectivity index (χ3n) is 9.25. The largest absolute Gasteiger partial charge is 0.453 e. The van der Waals surface area contributed by atoms with Crippen LogP contribution in [0.25, 0.3) is 0 Å². The molecule has 0 aliphatic carbocycles. The van der Waals surface area contributed by atoms with Crippen LogP contribution in [0.15, 0.2) is 177 Å². The molecule has 2 amide bonds. The monoisotopic (exact) mass is 1510 g/mol. The van der Waals surface area contributed by atoms with Gasteiger partial charge in [-0.15, -0.1) is 20.2 Å². The molecule has 0 saturated heterocycles. The van der Waals surface area contributed by atoms with E-state index in [1.165, 1.54) is 48.5 Å². The Kier molecular flexibility index (Phi) is 43.7. The van der Waals surface area contributed by atoms with Crippen molar-refractivity contribution in [1.29, 1.82) is 0 Å². The van der Waals surface area contributed by atoms with Gasteiger partial charge in [0.05, 0.1) is 26.2 Å². The number of sulfonamides is 4. The van der Waals surface area contributed by atoms with E-state index in [9.17, 15) is 73.1 Å². The van der Waals surface area contributed by atoms with E-state index in [2.05, 4.69) is 55.7 Å². The lowest BCUT2D eigenvalue weighted by atomic mass is 10.2. The Morgan fingerprint density at radius 2 is 0.756 bits per heavy atom. The van der Waals surface area contributed by atoms with E-state index in [1.54, 1.807) is 91.4 Å². The molecular weight excluding hydrogens is 1440 g/mol. The third-order valence-corrected chi connectivity index (χ3v) is 14.3. The molecule has 90 heavy (non-hydrogen) atoms. The zero-order chi connectivity index (χ0) is 68.9. The summed E-state index contributed by atoms with van der Waals surface area (Å²) >= 11 is 15.9. The van der Waals surface area contributed by atoms with Crippen molar-refractivity contribution in [3.63, 3.8) is 0 Å². The van der Waals surface area contributed by atoms with Crippen LogP contribution in [0.3, 0.4) is 0 Å². The Hall–Kier alpha value is -7.54. The molecule has 0 atom stereocenters. The summed E-state index contributed by atoms with van der Waals surface area (Å²) in [4.78, 5) is 69.5. The van der Waals surface area contributed by atoms with Crippen LogP contribution in [-0.2, 0) is 81.9 Å². The van der Waals surface area contributed by atoms with E-state index >= 15 is 0 Å². The van der Waals surface area contributed by atoms with E-state index in [-0.39, 0.29) is 39.4 Å². The van der Waals surface area contributed by atoms with Gasteiger partial charge in [-0.1, -0.05) is 170 Å². The normalized spacial score (nSPS) is 10.2. The minimum absolute atomic E-state index is 0.0100. The Labute approximate surface area is 548 Å². The predicted octanol–water partition coefficient (Wildman–Crippen LogP) is 10.4. The molecule has 6 aromatic rings. The van der Waals surface area contributed by atoms with Crippen molar-refractivity contribution in [3.05, 3.63) is 211 Å².